The number of fused-ring (bicyclic) bond motifs is 1. The molecule has 0 fully saturated rings. The lowest BCUT2D eigenvalue weighted by Gasteiger charge is -2.00. The minimum Gasteiger partial charge on any atom is -0.478 e. The third-order valence-electron chi connectivity index (χ3n) is 2.76. The monoisotopic (exact) mass is 248 g/mol. The molecule has 1 aromatic carbocycles. The first-order valence-electron chi connectivity index (χ1n) is 5.58. The van der Waals surface area contributed by atoms with Gasteiger partial charge in [0.2, 0.25) is 0 Å². The molecular weight excluding hydrogens is 235 g/mol. The van der Waals surface area contributed by atoms with Crippen LogP contribution in [0.1, 0.15) is 18.9 Å². The number of hydrogen-bond acceptors (Lipinski definition) is 2. The summed E-state index contributed by atoms with van der Waals surface area (Å²) in [4.78, 5) is 11.0. The largest absolute Gasteiger partial charge is 0.478 e. The van der Waals surface area contributed by atoms with Gasteiger partial charge in [-0.15, -0.1) is 0 Å². The van der Waals surface area contributed by atoms with E-state index in [1.54, 1.807) is 32.3 Å². The van der Waals surface area contributed by atoms with E-state index in [1.807, 2.05) is 0 Å². The van der Waals surface area contributed by atoms with Crippen LogP contribution in [0.15, 0.2) is 23.9 Å². The molecule has 0 aliphatic heterocycles. The van der Waals surface area contributed by atoms with Gasteiger partial charge in [0.25, 0.3) is 0 Å². The fourth-order valence-electron chi connectivity index (χ4n) is 1.84. The van der Waals surface area contributed by atoms with Gasteiger partial charge >= 0.3 is 5.97 Å². The Morgan fingerprint density at radius 2 is 2.28 bits per heavy atom. The Kier molecular flexibility index (Phi) is 3.14. The number of carboxylic acid groups (broad SMARTS) is 1. The molecule has 94 valence electrons. The summed E-state index contributed by atoms with van der Waals surface area (Å²) in [6.45, 7) is 1.77. The Morgan fingerprint density at radius 1 is 1.56 bits per heavy atom. The minimum atomic E-state index is -0.959. The molecule has 0 atom stereocenters. The average Bonchev–Trinajstić information content (AvgIpc) is 2.71. The smallest absolute Gasteiger partial charge is 0.331 e. The van der Waals surface area contributed by atoms with E-state index in [0.717, 1.165) is 0 Å². The number of benzene rings is 1. The first-order chi connectivity index (χ1) is 8.52. The molecule has 5 heteroatoms. The van der Waals surface area contributed by atoms with Crippen LogP contribution in [-0.2, 0) is 11.8 Å². The van der Waals surface area contributed by atoms with E-state index in [2.05, 4.69) is 5.10 Å². The number of aliphatic carboxylic acids is 1. The highest BCUT2D eigenvalue weighted by molar-refractivity contribution is 5.96. The summed E-state index contributed by atoms with van der Waals surface area (Å²) in [6.07, 6.45) is 3.65. The van der Waals surface area contributed by atoms with Crippen molar-refractivity contribution >= 4 is 22.9 Å². The van der Waals surface area contributed by atoms with Crippen LogP contribution in [0.2, 0.25) is 0 Å². The van der Waals surface area contributed by atoms with E-state index in [-0.39, 0.29) is 11.1 Å². The van der Waals surface area contributed by atoms with Gasteiger partial charge in [0, 0.05) is 24.2 Å². The number of halogens is 1. The third kappa shape index (κ3) is 2.11. The lowest BCUT2D eigenvalue weighted by atomic mass is 10.1. The molecule has 1 aromatic heterocycles. The second kappa shape index (κ2) is 4.60. The van der Waals surface area contributed by atoms with E-state index in [1.165, 1.54) is 10.7 Å². The molecule has 0 bridgehead atoms. The molecule has 0 spiro atoms. The zero-order chi connectivity index (χ0) is 13.3. The molecule has 0 saturated carbocycles. The Labute approximate surface area is 103 Å². The molecule has 2 aromatic rings. The topological polar surface area (TPSA) is 55.1 Å². The van der Waals surface area contributed by atoms with Gasteiger partial charge in [-0.25, -0.2) is 9.18 Å². The zero-order valence-corrected chi connectivity index (χ0v) is 10.1. The van der Waals surface area contributed by atoms with Crippen LogP contribution in [0.3, 0.4) is 0 Å². The van der Waals surface area contributed by atoms with Gasteiger partial charge in [-0.2, -0.15) is 5.10 Å². The van der Waals surface area contributed by atoms with Gasteiger partial charge < -0.3 is 5.11 Å². The Morgan fingerprint density at radius 3 is 2.89 bits per heavy atom. The summed E-state index contributed by atoms with van der Waals surface area (Å²) in [7, 11) is 1.70. The highest BCUT2D eigenvalue weighted by Gasteiger charge is 2.10. The molecule has 0 aliphatic rings. The Hall–Kier alpha value is -2.17. The molecule has 0 radical (unpaired) electrons. The van der Waals surface area contributed by atoms with Crippen LogP contribution >= 0.6 is 0 Å². The van der Waals surface area contributed by atoms with Crippen molar-refractivity contribution in [2.75, 3.05) is 0 Å². The van der Waals surface area contributed by atoms with Crippen molar-refractivity contribution in [2.24, 2.45) is 7.05 Å². The summed E-state index contributed by atoms with van der Waals surface area (Å²) in [6, 6.07) is 2.87. The van der Waals surface area contributed by atoms with Crippen LogP contribution < -0.4 is 0 Å². The van der Waals surface area contributed by atoms with Crippen LogP contribution in [0.4, 0.5) is 4.39 Å². The lowest BCUT2D eigenvalue weighted by molar-refractivity contribution is -0.132. The molecule has 18 heavy (non-hydrogen) atoms. The number of carboxylic acids is 1. The van der Waals surface area contributed by atoms with Gasteiger partial charge in [-0.05, 0) is 24.1 Å². The number of hydrogen-bond donors (Lipinski definition) is 1. The Balaban J connectivity index is 2.65. The van der Waals surface area contributed by atoms with Crippen LogP contribution in [0.25, 0.3) is 17.0 Å². The summed E-state index contributed by atoms with van der Waals surface area (Å²) >= 11 is 0. The minimum absolute atomic E-state index is 0.257. The third-order valence-corrected chi connectivity index (χ3v) is 2.76. The van der Waals surface area contributed by atoms with Crippen molar-refractivity contribution in [3.8, 4) is 0 Å². The van der Waals surface area contributed by atoms with Crippen molar-refractivity contribution in [3.05, 3.63) is 35.3 Å². The van der Waals surface area contributed by atoms with Gasteiger partial charge in [0.15, 0.2) is 5.82 Å². The molecule has 0 amide bonds. The number of rotatable bonds is 3. The molecule has 2 rings (SSSR count). The lowest BCUT2D eigenvalue weighted by Crippen LogP contribution is -1.98. The van der Waals surface area contributed by atoms with Crippen molar-refractivity contribution in [1.29, 1.82) is 0 Å². The summed E-state index contributed by atoms with van der Waals surface area (Å²) in [5.74, 6) is -1.37. The van der Waals surface area contributed by atoms with E-state index in [9.17, 15) is 9.18 Å². The predicted octanol–water partition coefficient (Wildman–Crippen LogP) is 2.59. The quantitative estimate of drug-likeness (QED) is 0.849. The molecule has 1 heterocycles. The maximum absolute atomic E-state index is 13.5. The highest BCUT2D eigenvalue weighted by atomic mass is 19.1. The second-order valence-corrected chi connectivity index (χ2v) is 4.03. The highest BCUT2D eigenvalue weighted by Crippen LogP contribution is 2.23. The standard InChI is InChI=1S/C13H13FN2O2/c1-3-8(13(17)18)6-9-4-5-11(14)12-10(9)7-16(2)15-12/h4-7H,3H2,1-2H3,(H,17,18). The maximum Gasteiger partial charge on any atom is 0.331 e. The maximum atomic E-state index is 13.5. The number of aromatic nitrogens is 2. The normalized spacial score (nSPS) is 12.1. The van der Waals surface area contributed by atoms with E-state index < -0.39 is 11.8 Å². The fourth-order valence-corrected chi connectivity index (χ4v) is 1.84. The van der Waals surface area contributed by atoms with E-state index >= 15 is 0 Å². The number of carbonyl (C=O) groups is 1. The van der Waals surface area contributed by atoms with Crippen molar-refractivity contribution < 1.29 is 14.3 Å². The molecule has 1 N–H and O–H groups in total. The van der Waals surface area contributed by atoms with Crippen molar-refractivity contribution in [3.63, 3.8) is 0 Å². The zero-order valence-electron chi connectivity index (χ0n) is 10.1. The molecule has 0 saturated heterocycles. The van der Waals surface area contributed by atoms with Crippen molar-refractivity contribution in [1.82, 2.24) is 9.78 Å². The molecule has 4 nitrogen and oxygen atoms in total. The molecular formula is C13H13FN2O2. The second-order valence-electron chi connectivity index (χ2n) is 4.03. The molecule has 0 aliphatic carbocycles. The van der Waals surface area contributed by atoms with Gasteiger partial charge in [-0.3, -0.25) is 4.68 Å². The summed E-state index contributed by atoms with van der Waals surface area (Å²) in [5.41, 5.74) is 1.21. The Bertz CT molecular complexity index is 644. The summed E-state index contributed by atoms with van der Waals surface area (Å²) < 4.78 is 15.1. The summed E-state index contributed by atoms with van der Waals surface area (Å²) in [5, 5.41) is 13.6. The van der Waals surface area contributed by atoms with Crippen LogP contribution in [0.5, 0.6) is 0 Å². The average molecular weight is 248 g/mol. The predicted molar refractivity (Wildman–Crippen MR) is 66.6 cm³/mol. The SMILES string of the molecule is CCC(=Cc1ccc(F)c2nn(C)cc12)C(=O)O. The fraction of sp³-hybridized carbons (Fsp3) is 0.231. The van der Waals surface area contributed by atoms with Crippen LogP contribution in [-0.4, -0.2) is 20.9 Å². The van der Waals surface area contributed by atoms with Crippen molar-refractivity contribution in [2.45, 2.75) is 13.3 Å². The first-order valence-corrected chi connectivity index (χ1v) is 5.58. The number of aryl methyl sites for hydroxylation is 1. The van der Waals surface area contributed by atoms with Gasteiger partial charge in [0.05, 0.1) is 0 Å². The number of nitrogens with zero attached hydrogens (tertiary/aromatic N) is 2. The molecule has 0 unspecified atom stereocenters. The van der Waals surface area contributed by atoms with Gasteiger partial charge in [0.1, 0.15) is 5.52 Å². The first kappa shape index (κ1) is 12.3. The van der Waals surface area contributed by atoms with E-state index in [0.29, 0.717) is 17.4 Å². The van der Waals surface area contributed by atoms with Gasteiger partial charge in [-0.1, -0.05) is 13.0 Å². The van der Waals surface area contributed by atoms with E-state index in [4.69, 9.17) is 5.11 Å². The van der Waals surface area contributed by atoms with Crippen LogP contribution in [0, 0.1) is 5.82 Å².